The zero-order valence-electron chi connectivity index (χ0n) is 20.4. The Balaban J connectivity index is 1.43. The molecule has 36 heavy (non-hydrogen) atoms. The fourth-order valence-electron chi connectivity index (χ4n) is 4.33. The van der Waals surface area contributed by atoms with Crippen LogP contribution in [0.1, 0.15) is 27.8 Å². The average Bonchev–Trinajstić information content (AvgIpc) is 2.90. The van der Waals surface area contributed by atoms with Crippen molar-refractivity contribution >= 4 is 23.2 Å². The normalized spacial score (nSPS) is 13.5. The van der Waals surface area contributed by atoms with Gasteiger partial charge in [0, 0.05) is 48.6 Å². The van der Waals surface area contributed by atoms with Gasteiger partial charge in [-0.25, -0.2) is 4.68 Å². The lowest BCUT2D eigenvalue weighted by atomic mass is 10.1. The molecule has 0 radical (unpaired) electrons. The number of aromatic nitrogens is 1. The number of para-hydroxylation sites is 1. The highest BCUT2D eigenvalue weighted by molar-refractivity contribution is 6.30. The van der Waals surface area contributed by atoms with Crippen LogP contribution in [-0.2, 0) is 35.6 Å². The number of carbonyl (C=O) groups excluding carboxylic acids is 1. The van der Waals surface area contributed by atoms with Crippen molar-refractivity contribution in [2.24, 2.45) is 5.73 Å². The first-order valence-electron chi connectivity index (χ1n) is 12.1. The maximum atomic E-state index is 13.2. The first kappa shape index (κ1) is 25.8. The quantitative estimate of drug-likeness (QED) is 0.410. The number of rotatable bonds is 9. The Morgan fingerprint density at radius 3 is 2.61 bits per heavy atom. The molecule has 0 bridgehead atoms. The first-order valence-corrected chi connectivity index (χ1v) is 12.4. The fourth-order valence-corrected chi connectivity index (χ4v) is 4.52. The molecule has 0 saturated carbocycles. The summed E-state index contributed by atoms with van der Waals surface area (Å²) in [6, 6.07) is 15.4. The molecule has 190 valence electrons. The largest absolute Gasteiger partial charge is 0.378 e. The van der Waals surface area contributed by atoms with Gasteiger partial charge in [0.05, 0.1) is 26.2 Å². The molecular formula is C27H32ClN5O3. The van der Waals surface area contributed by atoms with Crippen molar-refractivity contribution in [1.82, 2.24) is 9.99 Å². The number of nitrogens with zero attached hydrogens (tertiary/aromatic N) is 2. The monoisotopic (exact) mass is 509 g/mol. The van der Waals surface area contributed by atoms with Gasteiger partial charge in [0.15, 0.2) is 0 Å². The van der Waals surface area contributed by atoms with Gasteiger partial charge in [-0.3, -0.25) is 9.59 Å². The number of pyridine rings is 1. The standard InChI is InChI=1S/C27H32ClN5O3/c1-19-8-9-33(31-18-21-4-2-3-5-25(21)32-10-12-36-13-11-32)27(35)24(19)15-26(34)30-17-22-14-23(28)7-6-20(22)16-29/h2-9,14,31H,10-13,15-18,29H2,1H3,(H,30,34). The Bertz CT molecular complexity index is 1270. The number of benzene rings is 2. The number of ether oxygens (including phenoxy) is 1. The molecule has 1 aliphatic rings. The van der Waals surface area contributed by atoms with Crippen molar-refractivity contribution < 1.29 is 9.53 Å². The Morgan fingerprint density at radius 2 is 1.83 bits per heavy atom. The Morgan fingerprint density at radius 1 is 1.06 bits per heavy atom. The van der Waals surface area contributed by atoms with Gasteiger partial charge in [0.2, 0.25) is 5.91 Å². The van der Waals surface area contributed by atoms with Gasteiger partial charge in [-0.1, -0.05) is 35.9 Å². The molecular weight excluding hydrogens is 478 g/mol. The lowest BCUT2D eigenvalue weighted by molar-refractivity contribution is -0.120. The van der Waals surface area contributed by atoms with Gasteiger partial charge in [-0.2, -0.15) is 0 Å². The van der Waals surface area contributed by atoms with Crippen LogP contribution in [0.2, 0.25) is 5.02 Å². The summed E-state index contributed by atoms with van der Waals surface area (Å²) in [5.74, 6) is -0.242. The number of halogens is 1. The van der Waals surface area contributed by atoms with E-state index in [1.165, 1.54) is 4.68 Å². The summed E-state index contributed by atoms with van der Waals surface area (Å²) in [4.78, 5) is 28.2. The summed E-state index contributed by atoms with van der Waals surface area (Å²) < 4.78 is 6.93. The fraction of sp³-hybridized carbons (Fsp3) is 0.333. The van der Waals surface area contributed by atoms with E-state index in [0.717, 1.165) is 41.0 Å². The van der Waals surface area contributed by atoms with Crippen LogP contribution in [0, 0.1) is 6.92 Å². The summed E-state index contributed by atoms with van der Waals surface area (Å²) in [6.45, 7) is 6.04. The molecule has 1 aliphatic heterocycles. The SMILES string of the molecule is Cc1ccn(NCc2ccccc2N2CCOCC2)c(=O)c1CC(=O)NCc1cc(Cl)ccc1CN. The number of nitrogens with two attached hydrogens (primary N) is 1. The van der Waals surface area contributed by atoms with E-state index in [0.29, 0.717) is 43.4 Å². The van der Waals surface area contributed by atoms with E-state index in [4.69, 9.17) is 22.1 Å². The number of amides is 1. The first-order chi connectivity index (χ1) is 17.5. The highest BCUT2D eigenvalue weighted by atomic mass is 35.5. The van der Waals surface area contributed by atoms with Gasteiger partial charge < -0.3 is 26.1 Å². The molecule has 1 aromatic heterocycles. The van der Waals surface area contributed by atoms with Crippen LogP contribution in [0.5, 0.6) is 0 Å². The van der Waals surface area contributed by atoms with Crippen molar-refractivity contribution in [3.63, 3.8) is 0 Å². The van der Waals surface area contributed by atoms with Gasteiger partial charge in [0.1, 0.15) is 0 Å². The lowest BCUT2D eigenvalue weighted by Crippen LogP contribution is -2.37. The summed E-state index contributed by atoms with van der Waals surface area (Å²) in [5.41, 5.74) is 14.0. The van der Waals surface area contributed by atoms with Crippen molar-refractivity contribution in [1.29, 1.82) is 0 Å². The van der Waals surface area contributed by atoms with Crippen molar-refractivity contribution in [2.45, 2.75) is 33.0 Å². The molecule has 0 aliphatic carbocycles. The Labute approximate surface area is 216 Å². The van der Waals surface area contributed by atoms with Crippen molar-refractivity contribution in [2.75, 3.05) is 36.6 Å². The number of hydrogen-bond donors (Lipinski definition) is 3. The number of carbonyl (C=O) groups is 1. The van der Waals surface area contributed by atoms with Gasteiger partial charge in [-0.15, -0.1) is 0 Å². The zero-order chi connectivity index (χ0) is 25.5. The van der Waals surface area contributed by atoms with Crippen LogP contribution in [0.15, 0.2) is 59.5 Å². The molecule has 4 rings (SSSR count). The van der Waals surface area contributed by atoms with Gasteiger partial charge in [0.25, 0.3) is 5.56 Å². The minimum Gasteiger partial charge on any atom is -0.378 e. The number of nitrogens with one attached hydrogen (secondary N) is 2. The molecule has 1 saturated heterocycles. The van der Waals surface area contributed by atoms with Crippen molar-refractivity contribution in [3.05, 3.63) is 97.9 Å². The third-order valence-corrected chi connectivity index (χ3v) is 6.65. The molecule has 3 aromatic rings. The van der Waals surface area contributed by atoms with Crippen LogP contribution in [0.3, 0.4) is 0 Å². The van der Waals surface area contributed by atoms with E-state index in [-0.39, 0.29) is 17.9 Å². The van der Waals surface area contributed by atoms with Gasteiger partial charge >= 0.3 is 0 Å². The van der Waals surface area contributed by atoms with Crippen LogP contribution in [0.25, 0.3) is 0 Å². The Kier molecular flexibility index (Phi) is 8.64. The molecule has 1 fully saturated rings. The molecule has 2 aromatic carbocycles. The van der Waals surface area contributed by atoms with Crippen LogP contribution in [-0.4, -0.2) is 36.9 Å². The molecule has 4 N–H and O–H groups in total. The average molecular weight is 510 g/mol. The second kappa shape index (κ2) is 12.1. The minimum atomic E-state index is -0.242. The van der Waals surface area contributed by atoms with E-state index in [2.05, 4.69) is 27.8 Å². The molecule has 9 heteroatoms. The second-order valence-electron chi connectivity index (χ2n) is 8.79. The number of anilines is 1. The van der Waals surface area contributed by atoms with E-state index in [1.807, 2.05) is 31.2 Å². The molecule has 2 heterocycles. The highest BCUT2D eigenvalue weighted by Crippen LogP contribution is 2.21. The summed E-state index contributed by atoms with van der Waals surface area (Å²) in [6.07, 6.45) is 1.69. The van der Waals surface area contributed by atoms with E-state index in [1.54, 1.807) is 18.3 Å². The third-order valence-electron chi connectivity index (χ3n) is 6.41. The predicted octanol–water partition coefficient (Wildman–Crippen LogP) is 2.71. The van der Waals surface area contributed by atoms with Crippen LogP contribution >= 0.6 is 11.6 Å². The summed E-state index contributed by atoms with van der Waals surface area (Å²) in [7, 11) is 0. The molecule has 0 atom stereocenters. The van der Waals surface area contributed by atoms with Gasteiger partial charge in [-0.05, 0) is 53.4 Å². The Hall–Kier alpha value is -3.33. The highest BCUT2D eigenvalue weighted by Gasteiger charge is 2.16. The van der Waals surface area contributed by atoms with E-state index < -0.39 is 0 Å². The van der Waals surface area contributed by atoms with E-state index >= 15 is 0 Å². The maximum Gasteiger partial charge on any atom is 0.272 e. The summed E-state index contributed by atoms with van der Waals surface area (Å²) >= 11 is 6.09. The predicted molar refractivity (Wildman–Crippen MR) is 143 cm³/mol. The number of morpholine rings is 1. The molecule has 0 unspecified atom stereocenters. The summed E-state index contributed by atoms with van der Waals surface area (Å²) in [5, 5.41) is 3.47. The van der Waals surface area contributed by atoms with Crippen LogP contribution < -0.4 is 26.9 Å². The smallest absolute Gasteiger partial charge is 0.272 e. The van der Waals surface area contributed by atoms with E-state index in [9.17, 15) is 9.59 Å². The number of hydrogen-bond acceptors (Lipinski definition) is 6. The van der Waals surface area contributed by atoms with Crippen LogP contribution in [0.4, 0.5) is 5.69 Å². The zero-order valence-corrected chi connectivity index (χ0v) is 21.2. The molecule has 8 nitrogen and oxygen atoms in total. The topological polar surface area (TPSA) is 102 Å². The molecule has 1 amide bonds. The third kappa shape index (κ3) is 6.26. The maximum absolute atomic E-state index is 13.2. The van der Waals surface area contributed by atoms with Crippen molar-refractivity contribution in [3.8, 4) is 0 Å². The minimum absolute atomic E-state index is 0.0178. The second-order valence-corrected chi connectivity index (χ2v) is 9.22. The lowest BCUT2D eigenvalue weighted by Gasteiger charge is -2.30. The number of aryl methyl sites for hydroxylation is 1. The molecule has 0 spiro atoms.